The molecule has 1 aromatic heterocycles. The summed E-state index contributed by atoms with van der Waals surface area (Å²) in [7, 11) is 0. The number of hydrogen-bond donors (Lipinski definition) is 1. The van der Waals surface area contributed by atoms with Crippen LogP contribution in [0.4, 0.5) is 6.01 Å². The fraction of sp³-hybridized carbons (Fsp3) is 0.167. The van der Waals surface area contributed by atoms with Gasteiger partial charge in [-0.2, -0.15) is 0 Å². The Bertz CT molecular complexity index is 837. The molecule has 3 rings (SSSR count). The third-order valence-corrected chi connectivity index (χ3v) is 5.16. The van der Waals surface area contributed by atoms with Crippen LogP contribution >= 0.6 is 23.5 Å². The molecule has 0 spiro atoms. The van der Waals surface area contributed by atoms with E-state index in [4.69, 9.17) is 4.42 Å². The average molecular weight is 371 g/mol. The van der Waals surface area contributed by atoms with Crippen molar-refractivity contribution in [1.29, 1.82) is 0 Å². The highest BCUT2D eigenvalue weighted by atomic mass is 32.2. The monoisotopic (exact) mass is 371 g/mol. The molecule has 1 N–H and O–H groups in total. The van der Waals surface area contributed by atoms with E-state index in [9.17, 15) is 4.79 Å². The van der Waals surface area contributed by atoms with E-state index >= 15 is 0 Å². The van der Waals surface area contributed by atoms with Gasteiger partial charge in [0, 0.05) is 22.0 Å². The fourth-order valence-corrected chi connectivity index (χ4v) is 3.63. The first-order valence-electron chi connectivity index (χ1n) is 7.71. The Morgan fingerprint density at radius 3 is 2.64 bits per heavy atom. The van der Waals surface area contributed by atoms with Crippen LogP contribution in [-0.4, -0.2) is 28.1 Å². The number of hydrogen-bond acceptors (Lipinski definition) is 6. The molecular weight excluding hydrogens is 354 g/mol. The lowest BCUT2D eigenvalue weighted by Crippen LogP contribution is -2.12. The lowest BCUT2D eigenvalue weighted by atomic mass is 10.2. The minimum Gasteiger partial charge on any atom is -0.403 e. The summed E-state index contributed by atoms with van der Waals surface area (Å²) in [6.45, 7) is 0. The van der Waals surface area contributed by atoms with Gasteiger partial charge in [-0.15, -0.1) is 28.6 Å². The van der Waals surface area contributed by atoms with E-state index < -0.39 is 0 Å². The zero-order chi connectivity index (χ0) is 17.5. The van der Waals surface area contributed by atoms with Gasteiger partial charge in [0.2, 0.25) is 5.91 Å². The number of thioether (sulfide) groups is 2. The molecule has 0 saturated heterocycles. The maximum absolute atomic E-state index is 12.0. The first-order valence-corrected chi connectivity index (χ1v) is 9.92. The Kier molecular flexibility index (Phi) is 6.14. The molecule has 5 nitrogen and oxygen atoms in total. The number of nitrogens with zero attached hydrogens (tertiary/aromatic N) is 2. The lowest BCUT2D eigenvalue weighted by molar-refractivity contribution is -0.115. The van der Waals surface area contributed by atoms with Gasteiger partial charge in [-0.3, -0.25) is 10.1 Å². The van der Waals surface area contributed by atoms with Gasteiger partial charge in [0.1, 0.15) is 0 Å². The summed E-state index contributed by atoms with van der Waals surface area (Å²) in [5.74, 6) is 0.947. The Morgan fingerprint density at radius 2 is 1.84 bits per heavy atom. The van der Waals surface area contributed by atoms with Gasteiger partial charge in [0.05, 0.1) is 5.56 Å². The molecule has 1 amide bonds. The molecule has 0 fully saturated rings. The Hall–Kier alpha value is -2.25. The van der Waals surface area contributed by atoms with Crippen molar-refractivity contribution in [2.24, 2.45) is 0 Å². The van der Waals surface area contributed by atoms with Gasteiger partial charge in [0.15, 0.2) is 0 Å². The SMILES string of the molecule is CSc1ccccc1-c1nnc(NC(=O)CCSc2ccccc2)o1. The van der Waals surface area contributed by atoms with Crippen LogP contribution in [-0.2, 0) is 4.79 Å². The standard InChI is InChI=1S/C18H17N3O2S2/c1-24-15-10-6-5-9-14(15)17-20-21-18(23-17)19-16(22)11-12-25-13-7-3-2-4-8-13/h2-10H,11-12H2,1H3,(H,19,21,22). The van der Waals surface area contributed by atoms with Gasteiger partial charge in [-0.1, -0.05) is 35.4 Å². The van der Waals surface area contributed by atoms with Crippen LogP contribution in [0.3, 0.4) is 0 Å². The molecule has 128 valence electrons. The van der Waals surface area contributed by atoms with Crippen LogP contribution in [0.25, 0.3) is 11.5 Å². The second-order valence-electron chi connectivity index (χ2n) is 5.07. The predicted molar refractivity (Wildman–Crippen MR) is 102 cm³/mol. The zero-order valence-corrected chi connectivity index (χ0v) is 15.3. The van der Waals surface area contributed by atoms with Gasteiger partial charge in [-0.05, 0) is 30.5 Å². The van der Waals surface area contributed by atoms with E-state index in [1.54, 1.807) is 23.5 Å². The van der Waals surface area contributed by atoms with Crippen LogP contribution in [0.15, 0.2) is 68.8 Å². The summed E-state index contributed by atoms with van der Waals surface area (Å²) in [4.78, 5) is 14.2. The highest BCUT2D eigenvalue weighted by Gasteiger charge is 2.13. The van der Waals surface area contributed by atoms with E-state index in [1.165, 1.54) is 0 Å². The topological polar surface area (TPSA) is 68.0 Å². The molecule has 7 heteroatoms. The van der Waals surface area contributed by atoms with Crippen molar-refractivity contribution >= 4 is 35.4 Å². The second-order valence-corrected chi connectivity index (χ2v) is 7.09. The molecule has 1 heterocycles. The van der Waals surface area contributed by atoms with Crippen molar-refractivity contribution in [3.8, 4) is 11.5 Å². The van der Waals surface area contributed by atoms with Crippen LogP contribution in [0, 0.1) is 0 Å². The molecule has 0 aliphatic carbocycles. The van der Waals surface area contributed by atoms with Crippen LogP contribution in [0.1, 0.15) is 6.42 Å². The van der Waals surface area contributed by atoms with Crippen molar-refractivity contribution in [3.05, 3.63) is 54.6 Å². The largest absolute Gasteiger partial charge is 0.403 e. The predicted octanol–water partition coefficient (Wildman–Crippen LogP) is 4.58. The minimum absolute atomic E-state index is 0.126. The second kappa shape index (κ2) is 8.73. The summed E-state index contributed by atoms with van der Waals surface area (Å²) in [5.41, 5.74) is 0.864. The molecule has 2 aromatic carbocycles. The van der Waals surface area contributed by atoms with Crippen LogP contribution in [0.2, 0.25) is 0 Å². The molecule has 0 bridgehead atoms. The number of benzene rings is 2. The number of anilines is 1. The Labute approximate surface area is 154 Å². The summed E-state index contributed by atoms with van der Waals surface area (Å²) >= 11 is 3.24. The van der Waals surface area contributed by atoms with Gasteiger partial charge >= 0.3 is 6.01 Å². The molecule has 0 aliphatic heterocycles. The first-order chi connectivity index (χ1) is 12.3. The van der Waals surface area contributed by atoms with Gasteiger partial charge in [-0.25, -0.2) is 0 Å². The van der Waals surface area contributed by atoms with Crippen molar-refractivity contribution in [2.45, 2.75) is 16.2 Å². The number of rotatable bonds is 7. The average Bonchev–Trinajstić information content (AvgIpc) is 3.10. The van der Waals surface area contributed by atoms with E-state index in [0.29, 0.717) is 18.1 Å². The van der Waals surface area contributed by atoms with Gasteiger partial charge in [0.25, 0.3) is 5.89 Å². The van der Waals surface area contributed by atoms with Crippen molar-refractivity contribution in [1.82, 2.24) is 10.2 Å². The summed E-state index contributed by atoms with van der Waals surface area (Å²) < 4.78 is 5.57. The molecular formula is C18H17N3O2S2. The molecule has 0 radical (unpaired) electrons. The van der Waals surface area contributed by atoms with E-state index in [-0.39, 0.29) is 11.9 Å². The number of amides is 1. The molecule has 3 aromatic rings. The molecule has 0 unspecified atom stereocenters. The third-order valence-electron chi connectivity index (χ3n) is 3.35. The normalized spacial score (nSPS) is 10.6. The third kappa shape index (κ3) is 4.87. The highest BCUT2D eigenvalue weighted by Crippen LogP contribution is 2.29. The van der Waals surface area contributed by atoms with Gasteiger partial charge < -0.3 is 4.42 Å². The van der Waals surface area contributed by atoms with Crippen molar-refractivity contribution in [2.75, 3.05) is 17.3 Å². The zero-order valence-electron chi connectivity index (χ0n) is 13.6. The molecule has 0 atom stereocenters. The number of carbonyl (C=O) groups excluding carboxylic acids is 1. The molecule has 25 heavy (non-hydrogen) atoms. The number of nitrogens with one attached hydrogen (secondary N) is 1. The number of carbonyl (C=O) groups is 1. The van der Waals surface area contributed by atoms with Crippen molar-refractivity contribution < 1.29 is 9.21 Å². The Balaban J connectivity index is 1.55. The maximum Gasteiger partial charge on any atom is 0.322 e. The van der Waals surface area contributed by atoms with Crippen molar-refractivity contribution in [3.63, 3.8) is 0 Å². The quantitative estimate of drug-likeness (QED) is 0.613. The van der Waals surface area contributed by atoms with E-state index in [1.807, 2.05) is 60.9 Å². The molecule has 0 aliphatic rings. The number of aromatic nitrogens is 2. The summed E-state index contributed by atoms with van der Waals surface area (Å²) in [5, 5.41) is 10.6. The molecule has 0 saturated carbocycles. The summed E-state index contributed by atoms with van der Waals surface area (Å²) in [6, 6.07) is 17.9. The smallest absolute Gasteiger partial charge is 0.322 e. The highest BCUT2D eigenvalue weighted by molar-refractivity contribution is 7.99. The minimum atomic E-state index is -0.142. The fourth-order valence-electron chi connectivity index (χ4n) is 2.16. The van der Waals surface area contributed by atoms with Crippen LogP contribution < -0.4 is 5.32 Å². The maximum atomic E-state index is 12.0. The van der Waals surface area contributed by atoms with Crippen LogP contribution in [0.5, 0.6) is 0 Å². The van der Waals surface area contributed by atoms with E-state index in [0.717, 1.165) is 15.4 Å². The summed E-state index contributed by atoms with van der Waals surface area (Å²) in [6.07, 6.45) is 2.36. The Morgan fingerprint density at radius 1 is 1.08 bits per heavy atom. The first kappa shape index (κ1) is 17.6. The van der Waals surface area contributed by atoms with E-state index in [2.05, 4.69) is 15.5 Å². The lowest BCUT2D eigenvalue weighted by Gasteiger charge is -2.02.